The van der Waals surface area contributed by atoms with Crippen molar-refractivity contribution in [1.29, 1.82) is 0 Å². The molecule has 6 nitrogen and oxygen atoms in total. The molecule has 0 rings (SSSR count). The predicted octanol–water partition coefficient (Wildman–Crippen LogP) is 6.21. The van der Waals surface area contributed by atoms with Gasteiger partial charge in [-0.15, -0.1) is 0 Å². The Morgan fingerprint density at radius 1 is 0.781 bits per heavy atom. The van der Waals surface area contributed by atoms with Crippen LogP contribution in [-0.4, -0.2) is 56.6 Å². The first-order valence-corrected chi connectivity index (χ1v) is 14.7. The van der Waals surface area contributed by atoms with Crippen molar-refractivity contribution in [2.24, 2.45) is 0 Å². The largest absolute Gasteiger partial charge is 0.756 e. The van der Waals surface area contributed by atoms with Crippen molar-refractivity contribution in [2.75, 3.05) is 40.9 Å². The molecule has 0 aromatic heterocycles. The fraction of sp³-hybridized carbons (Fsp3) is 1.00. The summed E-state index contributed by atoms with van der Waals surface area (Å²) in [6.07, 6.45) is 20.6. The lowest BCUT2D eigenvalue weighted by atomic mass is 10.0. The van der Waals surface area contributed by atoms with E-state index in [2.05, 4.69) is 6.92 Å². The molecule has 0 bridgehead atoms. The molecule has 0 aliphatic carbocycles. The maximum Gasteiger partial charge on any atom is 0.268 e. The third-order valence-corrected chi connectivity index (χ3v) is 6.93. The fourth-order valence-electron chi connectivity index (χ4n) is 3.74. The Bertz CT molecular complexity index is 456. The Morgan fingerprint density at radius 2 is 1.19 bits per heavy atom. The minimum Gasteiger partial charge on any atom is -0.756 e. The molecule has 0 heterocycles. The second-order valence-corrected chi connectivity index (χ2v) is 11.7. The van der Waals surface area contributed by atoms with Crippen molar-refractivity contribution in [1.82, 2.24) is 0 Å². The molecule has 0 fully saturated rings. The van der Waals surface area contributed by atoms with Crippen LogP contribution in [0.4, 0.5) is 0 Å². The van der Waals surface area contributed by atoms with Gasteiger partial charge in [0.05, 0.1) is 33.9 Å². The van der Waals surface area contributed by atoms with Gasteiger partial charge in [-0.05, 0) is 6.42 Å². The molecule has 7 heteroatoms. The Morgan fingerprint density at radius 3 is 1.56 bits per heavy atom. The summed E-state index contributed by atoms with van der Waals surface area (Å²) in [4.78, 5) is 11.9. The molecule has 1 N–H and O–H groups in total. The number of phosphoric acid groups is 1. The van der Waals surface area contributed by atoms with E-state index in [0.29, 0.717) is 17.4 Å². The average molecular weight is 480 g/mol. The summed E-state index contributed by atoms with van der Waals surface area (Å²) in [6, 6.07) is 0. The van der Waals surface area contributed by atoms with Gasteiger partial charge in [0.25, 0.3) is 7.82 Å². The number of likely N-dealkylation sites (N-methyl/N-ethyl adjacent to an activating group) is 1. The van der Waals surface area contributed by atoms with Gasteiger partial charge in [0, 0.05) is 0 Å². The number of aliphatic hydroxyl groups is 1. The maximum atomic E-state index is 11.9. The smallest absolute Gasteiger partial charge is 0.268 e. The van der Waals surface area contributed by atoms with E-state index in [0.717, 1.165) is 19.3 Å². The van der Waals surface area contributed by atoms with Crippen molar-refractivity contribution in [3.05, 3.63) is 0 Å². The van der Waals surface area contributed by atoms with Crippen LogP contribution < -0.4 is 4.89 Å². The number of nitrogens with zero attached hydrogens (tertiary/aromatic N) is 1. The second-order valence-electron chi connectivity index (χ2n) is 10.3. The van der Waals surface area contributed by atoms with Gasteiger partial charge in [0.1, 0.15) is 13.2 Å². The van der Waals surface area contributed by atoms with Crippen LogP contribution in [0.1, 0.15) is 116 Å². The van der Waals surface area contributed by atoms with Crippen LogP contribution in [0, 0.1) is 0 Å². The van der Waals surface area contributed by atoms with E-state index in [-0.39, 0.29) is 13.2 Å². The summed E-state index contributed by atoms with van der Waals surface area (Å²) >= 11 is 0. The van der Waals surface area contributed by atoms with Crippen molar-refractivity contribution >= 4 is 7.82 Å². The minimum absolute atomic E-state index is 0.0848. The van der Waals surface area contributed by atoms with Crippen molar-refractivity contribution in [3.63, 3.8) is 0 Å². The van der Waals surface area contributed by atoms with Gasteiger partial charge < -0.3 is 23.5 Å². The lowest BCUT2D eigenvalue weighted by Crippen LogP contribution is -2.37. The monoisotopic (exact) mass is 479 g/mol. The summed E-state index contributed by atoms with van der Waals surface area (Å²) in [5.41, 5.74) is 0. The molecule has 0 spiro atoms. The molecule has 0 saturated carbocycles. The highest BCUT2D eigenvalue weighted by molar-refractivity contribution is 7.45. The van der Waals surface area contributed by atoms with Crippen LogP contribution >= 0.6 is 7.82 Å². The van der Waals surface area contributed by atoms with Gasteiger partial charge in [-0.3, -0.25) is 4.57 Å². The van der Waals surface area contributed by atoms with E-state index >= 15 is 0 Å². The Labute approximate surface area is 199 Å². The summed E-state index contributed by atoms with van der Waals surface area (Å²) in [5, 5.41) is 9.43. The second kappa shape index (κ2) is 20.4. The predicted molar refractivity (Wildman–Crippen MR) is 133 cm³/mol. The number of unbranched alkanes of at least 4 members (excludes halogenated alkanes) is 15. The van der Waals surface area contributed by atoms with Crippen molar-refractivity contribution < 1.29 is 28.1 Å². The number of phosphoric ester groups is 1. The van der Waals surface area contributed by atoms with Crippen LogP contribution in [0.3, 0.4) is 0 Å². The SMILES string of the molecule is CCCCCCCCCCCCCCCCCCC(CO)OP(=O)([O-])OCC[N+](C)(C)C. The highest BCUT2D eigenvalue weighted by atomic mass is 31.2. The lowest BCUT2D eigenvalue weighted by molar-refractivity contribution is -0.870. The Kier molecular flexibility index (Phi) is 20.4. The summed E-state index contributed by atoms with van der Waals surface area (Å²) in [6.45, 7) is 2.62. The molecule has 2 atom stereocenters. The average Bonchev–Trinajstić information content (AvgIpc) is 2.71. The third kappa shape index (κ3) is 23.2. The van der Waals surface area contributed by atoms with Crippen LogP contribution in [-0.2, 0) is 13.6 Å². The third-order valence-electron chi connectivity index (χ3n) is 5.87. The summed E-state index contributed by atoms with van der Waals surface area (Å²) in [5.74, 6) is 0. The number of hydrogen-bond donors (Lipinski definition) is 1. The van der Waals surface area contributed by atoms with Gasteiger partial charge in [-0.25, -0.2) is 0 Å². The summed E-state index contributed by atoms with van der Waals surface area (Å²) < 4.78 is 22.5. The zero-order valence-electron chi connectivity index (χ0n) is 21.7. The number of aliphatic hydroxyl groups excluding tert-OH is 1. The van der Waals surface area contributed by atoms with Crippen LogP contribution in [0.5, 0.6) is 0 Å². The normalized spacial score (nSPS) is 15.1. The zero-order chi connectivity index (χ0) is 24.1. The highest BCUT2D eigenvalue weighted by Crippen LogP contribution is 2.40. The van der Waals surface area contributed by atoms with Gasteiger partial charge in [-0.1, -0.05) is 110 Å². The first-order valence-electron chi connectivity index (χ1n) is 13.3. The molecular formula is C25H54NO5P. The first kappa shape index (κ1) is 32.0. The van der Waals surface area contributed by atoms with Crippen molar-refractivity contribution in [2.45, 2.75) is 122 Å². The van der Waals surface area contributed by atoms with E-state index in [4.69, 9.17) is 9.05 Å². The van der Waals surface area contributed by atoms with E-state index in [1.165, 1.54) is 83.5 Å². The number of rotatable bonds is 24. The molecule has 0 amide bonds. The molecular weight excluding hydrogens is 425 g/mol. The first-order chi connectivity index (χ1) is 15.2. The van der Waals surface area contributed by atoms with Crippen molar-refractivity contribution in [3.8, 4) is 0 Å². The molecule has 0 saturated heterocycles. The van der Waals surface area contributed by atoms with Gasteiger partial charge in [-0.2, -0.15) is 0 Å². The number of hydrogen-bond acceptors (Lipinski definition) is 5. The molecule has 0 aliphatic rings. The molecule has 194 valence electrons. The molecule has 0 radical (unpaired) electrons. The standard InChI is InChI=1S/C25H54NO5P/c1-5-6-7-8-9-10-11-12-13-14-15-16-17-18-19-20-21-25(24-27)31-32(28,29)30-23-22-26(2,3)4/h25,27H,5-24H2,1-4H3. The van der Waals surface area contributed by atoms with Crippen LogP contribution in [0.25, 0.3) is 0 Å². The topological polar surface area (TPSA) is 78.8 Å². The molecule has 0 aliphatic heterocycles. The van der Waals surface area contributed by atoms with E-state index in [1.54, 1.807) is 0 Å². The Hall–Kier alpha value is 0.0300. The van der Waals surface area contributed by atoms with Gasteiger partial charge >= 0.3 is 0 Å². The van der Waals surface area contributed by atoms with Crippen LogP contribution in [0.2, 0.25) is 0 Å². The van der Waals surface area contributed by atoms with E-state index in [1.807, 2.05) is 21.1 Å². The van der Waals surface area contributed by atoms with Gasteiger partial charge in [0.15, 0.2) is 0 Å². The van der Waals surface area contributed by atoms with E-state index < -0.39 is 13.9 Å². The quantitative estimate of drug-likeness (QED) is 0.101. The summed E-state index contributed by atoms with van der Waals surface area (Å²) in [7, 11) is 1.54. The zero-order valence-corrected chi connectivity index (χ0v) is 22.6. The fourth-order valence-corrected chi connectivity index (χ4v) is 4.64. The molecule has 0 aromatic carbocycles. The Balaban J connectivity index is 3.55. The molecule has 2 unspecified atom stereocenters. The number of quaternary nitrogens is 1. The van der Waals surface area contributed by atoms with Gasteiger partial charge in [0.2, 0.25) is 0 Å². The molecule has 0 aromatic rings. The lowest BCUT2D eigenvalue weighted by Gasteiger charge is -2.29. The van der Waals surface area contributed by atoms with Crippen LogP contribution in [0.15, 0.2) is 0 Å². The minimum atomic E-state index is -4.36. The maximum absolute atomic E-state index is 11.9. The van der Waals surface area contributed by atoms with E-state index in [9.17, 15) is 14.6 Å². The highest BCUT2D eigenvalue weighted by Gasteiger charge is 2.19. The molecule has 32 heavy (non-hydrogen) atoms.